The molecule has 2 aromatic carbocycles. The van der Waals surface area contributed by atoms with Crippen molar-refractivity contribution >= 4 is 33.9 Å². The van der Waals surface area contributed by atoms with Gasteiger partial charge in [0.05, 0.1) is 5.02 Å². The molecule has 1 aromatic heterocycles. The summed E-state index contributed by atoms with van der Waals surface area (Å²) in [6, 6.07) is 10.7. The van der Waals surface area contributed by atoms with Crippen molar-refractivity contribution in [3.8, 4) is 11.1 Å². The molecule has 0 spiro atoms. The van der Waals surface area contributed by atoms with Gasteiger partial charge in [0.25, 0.3) is 0 Å². The second-order valence-corrected chi connectivity index (χ2v) is 7.00. The third kappa shape index (κ3) is 4.31. The summed E-state index contributed by atoms with van der Waals surface area (Å²) in [6.07, 6.45) is 3.65. The Labute approximate surface area is 163 Å². The van der Waals surface area contributed by atoms with Gasteiger partial charge in [0.15, 0.2) is 0 Å². The zero-order valence-corrected chi connectivity index (χ0v) is 16.3. The molecule has 6 heteroatoms. The number of nitrogens with zero attached hydrogens (tertiary/aromatic N) is 1. The van der Waals surface area contributed by atoms with Crippen molar-refractivity contribution in [2.75, 3.05) is 24.6 Å². The summed E-state index contributed by atoms with van der Waals surface area (Å²) in [5.41, 5.74) is 7.91. The number of hydrogen-bond acceptors (Lipinski definition) is 4. The maximum absolute atomic E-state index is 14.5. The Morgan fingerprint density at radius 2 is 2.07 bits per heavy atom. The number of pyridine rings is 1. The minimum Gasteiger partial charge on any atom is -0.384 e. The van der Waals surface area contributed by atoms with E-state index in [9.17, 15) is 4.39 Å². The molecule has 0 radical (unpaired) electrons. The normalized spacial score (nSPS) is 12.3. The monoisotopic (exact) mass is 386 g/mol. The molecule has 0 fully saturated rings. The van der Waals surface area contributed by atoms with Crippen molar-refractivity contribution < 1.29 is 4.39 Å². The Morgan fingerprint density at radius 1 is 1.26 bits per heavy atom. The smallest absolute Gasteiger partial charge is 0.132 e. The molecule has 0 aliphatic rings. The van der Waals surface area contributed by atoms with Crippen LogP contribution in [-0.2, 0) is 0 Å². The number of hydrogen-bond donors (Lipinski definition) is 3. The van der Waals surface area contributed by atoms with E-state index in [1.54, 1.807) is 18.3 Å². The summed E-state index contributed by atoms with van der Waals surface area (Å²) in [5, 5.41) is 9.00. The van der Waals surface area contributed by atoms with Gasteiger partial charge in [-0.25, -0.2) is 9.37 Å². The van der Waals surface area contributed by atoms with Crippen molar-refractivity contribution in [1.29, 1.82) is 0 Å². The van der Waals surface area contributed by atoms with Crippen LogP contribution < -0.4 is 16.4 Å². The fourth-order valence-corrected chi connectivity index (χ4v) is 3.50. The van der Waals surface area contributed by atoms with E-state index in [0.29, 0.717) is 22.0 Å². The van der Waals surface area contributed by atoms with Crippen LogP contribution in [0.5, 0.6) is 0 Å². The van der Waals surface area contributed by atoms with E-state index in [1.807, 2.05) is 25.2 Å². The zero-order chi connectivity index (χ0) is 19.4. The molecular weight excluding hydrogens is 363 g/mol. The van der Waals surface area contributed by atoms with Crippen LogP contribution in [0, 0.1) is 5.82 Å². The predicted octanol–water partition coefficient (Wildman–Crippen LogP) is 5.08. The van der Waals surface area contributed by atoms with Crippen LogP contribution in [0.25, 0.3) is 21.9 Å². The van der Waals surface area contributed by atoms with Crippen molar-refractivity contribution in [1.82, 2.24) is 10.3 Å². The average molecular weight is 387 g/mol. The first-order chi connectivity index (χ1) is 13.0. The van der Waals surface area contributed by atoms with Crippen LogP contribution in [0.1, 0.15) is 19.8 Å². The lowest BCUT2D eigenvalue weighted by atomic mass is 9.99. The van der Waals surface area contributed by atoms with Crippen LogP contribution in [0.15, 0.2) is 42.6 Å². The molecule has 142 valence electrons. The van der Waals surface area contributed by atoms with Gasteiger partial charge in [-0.2, -0.15) is 0 Å². The first-order valence-corrected chi connectivity index (χ1v) is 9.46. The summed E-state index contributed by atoms with van der Waals surface area (Å²) in [7, 11) is 1.94. The summed E-state index contributed by atoms with van der Waals surface area (Å²) in [6.45, 7) is 3.05. The molecule has 0 saturated carbocycles. The second-order valence-electron chi connectivity index (χ2n) is 6.59. The Balaban J connectivity index is 2.13. The summed E-state index contributed by atoms with van der Waals surface area (Å²) < 4.78 is 14.5. The molecule has 1 heterocycles. The van der Waals surface area contributed by atoms with Crippen LogP contribution in [0.3, 0.4) is 0 Å². The second kappa shape index (κ2) is 8.55. The number of halogens is 2. The van der Waals surface area contributed by atoms with Crippen molar-refractivity contribution in [3.63, 3.8) is 0 Å². The average Bonchev–Trinajstić information content (AvgIpc) is 2.65. The van der Waals surface area contributed by atoms with Gasteiger partial charge < -0.3 is 16.4 Å². The lowest BCUT2D eigenvalue weighted by Crippen LogP contribution is -2.24. The highest BCUT2D eigenvalue weighted by Crippen LogP contribution is 2.36. The fourth-order valence-electron chi connectivity index (χ4n) is 3.23. The van der Waals surface area contributed by atoms with E-state index < -0.39 is 0 Å². The van der Waals surface area contributed by atoms with Gasteiger partial charge in [0.2, 0.25) is 0 Å². The molecule has 27 heavy (non-hydrogen) atoms. The van der Waals surface area contributed by atoms with E-state index >= 15 is 0 Å². The zero-order valence-electron chi connectivity index (χ0n) is 15.5. The van der Waals surface area contributed by atoms with Crippen LogP contribution in [-0.4, -0.2) is 24.6 Å². The highest BCUT2D eigenvalue weighted by Gasteiger charge is 2.15. The number of benzene rings is 2. The van der Waals surface area contributed by atoms with E-state index in [2.05, 4.69) is 22.5 Å². The van der Waals surface area contributed by atoms with E-state index in [4.69, 9.17) is 17.3 Å². The summed E-state index contributed by atoms with van der Waals surface area (Å²) in [4.78, 5) is 4.19. The summed E-state index contributed by atoms with van der Waals surface area (Å²) >= 11 is 6.29. The number of nitrogen functional groups attached to an aromatic ring is 1. The third-order valence-electron chi connectivity index (χ3n) is 4.70. The molecule has 0 saturated heterocycles. The molecule has 0 aliphatic carbocycles. The van der Waals surface area contributed by atoms with Crippen LogP contribution in [0.4, 0.5) is 15.9 Å². The van der Waals surface area contributed by atoms with Gasteiger partial charge in [0, 0.05) is 34.3 Å². The highest BCUT2D eigenvalue weighted by atomic mass is 35.5. The first-order valence-electron chi connectivity index (χ1n) is 9.08. The lowest BCUT2D eigenvalue weighted by Gasteiger charge is -2.21. The Hall–Kier alpha value is -2.37. The molecule has 3 aromatic rings. The van der Waals surface area contributed by atoms with E-state index in [1.165, 1.54) is 6.07 Å². The first kappa shape index (κ1) is 19.4. The number of fused-ring (bicyclic) bond motifs is 1. The molecule has 1 unspecified atom stereocenters. The molecule has 4 nitrogen and oxygen atoms in total. The number of anilines is 2. The maximum atomic E-state index is 14.5. The van der Waals surface area contributed by atoms with Gasteiger partial charge in [-0.05, 0) is 62.3 Å². The number of rotatable bonds is 7. The number of nitrogens with two attached hydrogens (primary N) is 1. The minimum atomic E-state index is -0.349. The number of nitrogens with one attached hydrogen (secondary N) is 2. The Morgan fingerprint density at radius 3 is 2.78 bits per heavy atom. The van der Waals surface area contributed by atoms with Gasteiger partial charge in [-0.15, -0.1) is 0 Å². The topological polar surface area (TPSA) is 63.0 Å². The minimum absolute atomic E-state index is 0.279. The van der Waals surface area contributed by atoms with Crippen molar-refractivity contribution in [2.24, 2.45) is 0 Å². The standard InChI is InChI=1S/C21H24ClFN4/c1-3-15(7-8-25-2)27-19-10-13(21-17(22)5-4-6-18(21)23)9-14-12-26-20(24)11-16(14)19/h4-6,9-12,15,25,27H,3,7-8H2,1-2H3,(H2,24,26). The van der Waals surface area contributed by atoms with Crippen LogP contribution in [0.2, 0.25) is 5.02 Å². The van der Waals surface area contributed by atoms with Gasteiger partial charge >= 0.3 is 0 Å². The van der Waals surface area contributed by atoms with Gasteiger partial charge in [-0.3, -0.25) is 0 Å². The van der Waals surface area contributed by atoms with Gasteiger partial charge in [-0.1, -0.05) is 24.6 Å². The van der Waals surface area contributed by atoms with E-state index in [0.717, 1.165) is 35.8 Å². The van der Waals surface area contributed by atoms with Crippen molar-refractivity contribution in [2.45, 2.75) is 25.8 Å². The SMILES string of the molecule is CCC(CCNC)Nc1cc(-c2c(F)cccc2Cl)cc2cnc(N)cc12. The Kier molecular flexibility index (Phi) is 6.14. The van der Waals surface area contributed by atoms with Crippen molar-refractivity contribution in [3.05, 3.63) is 53.4 Å². The molecule has 0 bridgehead atoms. The molecule has 1 atom stereocenters. The number of aromatic nitrogens is 1. The molecule has 4 N–H and O–H groups in total. The quantitative estimate of drug-likeness (QED) is 0.530. The highest BCUT2D eigenvalue weighted by molar-refractivity contribution is 6.33. The third-order valence-corrected chi connectivity index (χ3v) is 5.02. The maximum Gasteiger partial charge on any atom is 0.132 e. The fraction of sp³-hybridized carbons (Fsp3) is 0.286. The largest absolute Gasteiger partial charge is 0.384 e. The van der Waals surface area contributed by atoms with Crippen LogP contribution >= 0.6 is 11.6 Å². The lowest BCUT2D eigenvalue weighted by molar-refractivity contribution is 0.605. The van der Waals surface area contributed by atoms with E-state index in [-0.39, 0.29) is 11.9 Å². The molecule has 0 aliphatic heterocycles. The molecule has 3 rings (SSSR count). The Bertz CT molecular complexity index is 925. The van der Waals surface area contributed by atoms with Gasteiger partial charge in [0.1, 0.15) is 11.6 Å². The molecule has 0 amide bonds. The predicted molar refractivity (Wildman–Crippen MR) is 113 cm³/mol. The summed E-state index contributed by atoms with van der Waals surface area (Å²) in [5.74, 6) is 0.101. The molecular formula is C21H24ClFN4.